The van der Waals surface area contributed by atoms with Crippen molar-refractivity contribution >= 4 is 61.4 Å². The molecule has 0 bridgehead atoms. The van der Waals surface area contributed by atoms with Crippen molar-refractivity contribution in [2.75, 3.05) is 40.2 Å². The van der Waals surface area contributed by atoms with Crippen molar-refractivity contribution in [2.24, 2.45) is 0 Å². The maximum atomic E-state index is 13.0. The number of ether oxygens (including phenoxy) is 2. The van der Waals surface area contributed by atoms with E-state index in [9.17, 15) is 14.4 Å². The van der Waals surface area contributed by atoms with Crippen LogP contribution in [0.3, 0.4) is 0 Å². The van der Waals surface area contributed by atoms with Crippen LogP contribution in [0.25, 0.3) is 11.1 Å². The first kappa shape index (κ1) is 32.8. The summed E-state index contributed by atoms with van der Waals surface area (Å²) in [4.78, 5) is 41.7. The van der Waals surface area contributed by atoms with Gasteiger partial charge in [-0.2, -0.15) is 0 Å². The van der Waals surface area contributed by atoms with E-state index in [0.717, 1.165) is 42.6 Å². The number of hydrogen-bond donors (Lipinski definition) is 2. The van der Waals surface area contributed by atoms with E-state index >= 15 is 0 Å². The number of anilines is 2. The summed E-state index contributed by atoms with van der Waals surface area (Å²) >= 11 is 5.17. The van der Waals surface area contributed by atoms with E-state index in [2.05, 4.69) is 23.6 Å². The molecule has 2 amide bonds. The van der Waals surface area contributed by atoms with Gasteiger partial charge in [0.15, 0.2) is 6.29 Å². The normalized spacial score (nSPS) is 15.3. The number of aryl methyl sites for hydroxylation is 1. The molecule has 1 fully saturated rings. The second-order valence-corrected chi connectivity index (χ2v) is 16.3. The number of nitrogens with zero attached hydrogens (tertiary/aromatic N) is 1. The molecule has 10 heteroatoms. The van der Waals surface area contributed by atoms with Crippen LogP contribution in [0, 0.1) is 0 Å². The van der Waals surface area contributed by atoms with Crippen molar-refractivity contribution in [1.82, 2.24) is 3.11 Å². The summed E-state index contributed by atoms with van der Waals surface area (Å²) in [6.07, 6.45) is 3.51. The summed E-state index contributed by atoms with van der Waals surface area (Å²) in [5.74, 6) is 0.175. The second-order valence-electron chi connectivity index (χ2n) is 10.4. The van der Waals surface area contributed by atoms with Gasteiger partial charge in [-0.1, -0.05) is 11.6 Å². The number of carbonyl (C=O) groups is 3. The Labute approximate surface area is 266 Å². The van der Waals surface area contributed by atoms with Crippen LogP contribution >= 0.6 is 31.7 Å². The molecule has 2 N–H and O–H groups in total. The third-order valence-electron chi connectivity index (χ3n) is 7.16. The van der Waals surface area contributed by atoms with Gasteiger partial charge in [-0.15, -0.1) is 0 Å². The van der Waals surface area contributed by atoms with Crippen molar-refractivity contribution in [3.63, 3.8) is 0 Å². The van der Waals surface area contributed by atoms with Crippen LogP contribution in [0.2, 0.25) is 5.02 Å². The van der Waals surface area contributed by atoms with Crippen molar-refractivity contribution in [3.05, 3.63) is 76.8 Å². The third-order valence-corrected chi connectivity index (χ3v) is 11.1. The van der Waals surface area contributed by atoms with Crippen LogP contribution in [-0.2, 0) is 16.0 Å². The standard InChI is InChI=1S/C33H39ClIN3O5/c1-4-42-31-20-30(28(34)19-25(31)22-39)36-32(40)14-8-10-23-15-16-27(24-11-6-5-7-12-24)29(18-23)37-33(41)43-26-13-9-17-38(21-26)35(2)3/h5-7,11-12,15-16,18-20,22,26H,4,8-10,13-14,17,21H2,1-3H3,(H,36,40)(H,37,41). The zero-order valence-corrected chi connectivity index (χ0v) is 27.7. The number of nitrogens with one attached hydrogen (secondary N) is 2. The number of amides is 2. The predicted octanol–water partition coefficient (Wildman–Crippen LogP) is 7.87. The fourth-order valence-corrected chi connectivity index (χ4v) is 7.76. The summed E-state index contributed by atoms with van der Waals surface area (Å²) in [5.41, 5.74) is 4.28. The molecule has 1 heterocycles. The molecule has 4 rings (SSSR count). The molecule has 3 aromatic rings. The molecule has 1 aliphatic rings. The van der Waals surface area contributed by atoms with E-state index in [4.69, 9.17) is 21.1 Å². The molecule has 0 aliphatic carbocycles. The first-order valence-corrected chi connectivity index (χ1v) is 20.1. The molecule has 3 aromatic carbocycles. The average molecular weight is 720 g/mol. The topological polar surface area (TPSA) is 97.0 Å². The number of rotatable bonds is 12. The molecule has 43 heavy (non-hydrogen) atoms. The van der Waals surface area contributed by atoms with Crippen LogP contribution in [0.15, 0.2) is 60.7 Å². The zero-order valence-electron chi connectivity index (χ0n) is 24.8. The van der Waals surface area contributed by atoms with E-state index in [-0.39, 0.29) is 23.5 Å². The molecule has 8 nitrogen and oxygen atoms in total. The first-order valence-electron chi connectivity index (χ1n) is 14.4. The molecule has 230 valence electrons. The largest absolute Gasteiger partial charge is 0.298 e. The van der Waals surface area contributed by atoms with Gasteiger partial charge in [-0.05, 0) is 13.0 Å². The third kappa shape index (κ3) is 9.42. The number of carbonyl (C=O) groups excluding carboxylic acids is 3. The molecule has 1 saturated heterocycles. The summed E-state index contributed by atoms with van der Waals surface area (Å²) < 4.78 is 13.9. The smallest absolute Gasteiger partial charge is 0.153 e. The van der Waals surface area contributed by atoms with Crippen LogP contribution in [0.5, 0.6) is 5.75 Å². The Morgan fingerprint density at radius 3 is 2.58 bits per heavy atom. The minimum atomic E-state index is -1.12. The van der Waals surface area contributed by atoms with Crippen molar-refractivity contribution in [2.45, 2.75) is 45.1 Å². The Morgan fingerprint density at radius 1 is 1.07 bits per heavy atom. The minimum Gasteiger partial charge on any atom is -0.298 e. The molecule has 0 saturated carbocycles. The number of alkyl halides is 2. The maximum absolute atomic E-state index is 13.0. The Kier molecular flexibility index (Phi) is 12.2. The average Bonchev–Trinajstić information content (AvgIpc) is 2.99. The van der Waals surface area contributed by atoms with Crippen LogP contribution in [-0.4, -0.2) is 57.1 Å². The molecule has 1 aliphatic heterocycles. The Morgan fingerprint density at radius 2 is 1.86 bits per heavy atom. The molecule has 0 spiro atoms. The zero-order chi connectivity index (χ0) is 30.8. The summed E-state index contributed by atoms with van der Waals surface area (Å²) in [6.45, 7) is 4.09. The quantitative estimate of drug-likeness (QED) is 0.0856. The summed E-state index contributed by atoms with van der Waals surface area (Å²) in [6, 6.07) is 18.9. The number of benzene rings is 3. The van der Waals surface area contributed by atoms with E-state index in [1.807, 2.05) is 55.5 Å². The van der Waals surface area contributed by atoms with Crippen LogP contribution in [0.1, 0.15) is 48.5 Å². The Hall–Kier alpha value is -3.15. The van der Waals surface area contributed by atoms with Gasteiger partial charge in [0.2, 0.25) is 5.91 Å². The number of aldehydes is 1. The second kappa shape index (κ2) is 16.1. The summed E-state index contributed by atoms with van der Waals surface area (Å²) in [7, 11) is 0. The molecule has 1 unspecified atom stereocenters. The summed E-state index contributed by atoms with van der Waals surface area (Å²) in [5, 5.41) is 6.10. The molecular formula is C33H39ClIN3O5. The monoisotopic (exact) mass is 719 g/mol. The van der Waals surface area contributed by atoms with Gasteiger partial charge >= 0.3 is 176 Å². The van der Waals surface area contributed by atoms with Crippen molar-refractivity contribution in [1.29, 1.82) is 0 Å². The van der Waals surface area contributed by atoms with Crippen molar-refractivity contribution in [3.8, 4) is 16.9 Å². The van der Waals surface area contributed by atoms with Gasteiger partial charge in [-0.3, -0.25) is 9.59 Å². The van der Waals surface area contributed by atoms with E-state index < -0.39 is 26.2 Å². The fraction of sp³-hybridized carbons (Fsp3) is 0.364. The van der Waals surface area contributed by atoms with Gasteiger partial charge in [0.25, 0.3) is 0 Å². The minimum absolute atomic E-state index is 0.108. The first-order chi connectivity index (χ1) is 20.8. The van der Waals surface area contributed by atoms with Gasteiger partial charge in [0.1, 0.15) is 5.75 Å². The van der Waals surface area contributed by atoms with Crippen molar-refractivity contribution < 1.29 is 23.9 Å². The van der Waals surface area contributed by atoms with Gasteiger partial charge in [-0.25, -0.2) is 0 Å². The Balaban J connectivity index is 1.40. The Bertz CT molecular complexity index is 1420. The van der Waals surface area contributed by atoms with Gasteiger partial charge in [0.05, 0.1) is 22.9 Å². The van der Waals surface area contributed by atoms with Gasteiger partial charge < -0.3 is 10.1 Å². The number of halogens is 2. The van der Waals surface area contributed by atoms with Gasteiger partial charge in [0, 0.05) is 6.07 Å². The molecular weight excluding hydrogens is 681 g/mol. The van der Waals surface area contributed by atoms with E-state index in [0.29, 0.717) is 48.4 Å². The predicted molar refractivity (Wildman–Crippen MR) is 182 cm³/mol. The number of hydrogen-bond acceptors (Lipinski definition) is 6. The van der Waals surface area contributed by atoms with Crippen LogP contribution in [0.4, 0.5) is 16.2 Å². The molecule has 0 aromatic heterocycles. The SMILES string of the molecule is CCOc1cc(NC(=O)CCCc2ccc(-c3ccccc3)c(NC(=O)OC3CCCN(I(C)C)C3)c2)c(Cl)cc1C=O. The molecule has 0 radical (unpaired) electrons. The van der Waals surface area contributed by atoms with E-state index in [1.54, 1.807) is 6.07 Å². The molecule has 1 atom stereocenters. The maximum Gasteiger partial charge on any atom is 0.153 e. The van der Waals surface area contributed by atoms with Crippen LogP contribution < -0.4 is 15.4 Å². The fourth-order valence-electron chi connectivity index (χ4n) is 5.01. The number of piperidine rings is 1. The van der Waals surface area contributed by atoms with E-state index in [1.165, 1.54) is 6.07 Å².